The molecule has 1 aliphatic heterocycles. The third-order valence-corrected chi connectivity index (χ3v) is 3.14. The van der Waals surface area contributed by atoms with Crippen molar-refractivity contribution in [2.24, 2.45) is 0 Å². The average Bonchev–Trinajstić information content (AvgIpc) is 2.68. The van der Waals surface area contributed by atoms with Crippen LogP contribution in [0.25, 0.3) is 0 Å². The first kappa shape index (κ1) is 15.7. The van der Waals surface area contributed by atoms with Gasteiger partial charge in [0.1, 0.15) is 0 Å². The van der Waals surface area contributed by atoms with E-state index in [-0.39, 0.29) is 25.5 Å². The Hall–Kier alpha value is -1.34. The van der Waals surface area contributed by atoms with Gasteiger partial charge in [-0.2, -0.15) is 0 Å². The molecule has 0 radical (unpaired) electrons. The first-order valence-corrected chi connectivity index (χ1v) is 6.61. The van der Waals surface area contributed by atoms with Gasteiger partial charge in [0.05, 0.1) is 25.3 Å². The van der Waals surface area contributed by atoms with Crippen LogP contribution in [0.3, 0.4) is 0 Å². The summed E-state index contributed by atoms with van der Waals surface area (Å²) in [6.07, 6.45) is 1.64. The molecule has 2 atom stereocenters. The fourth-order valence-corrected chi connectivity index (χ4v) is 2.00. The van der Waals surface area contributed by atoms with Crippen molar-refractivity contribution in [2.45, 2.75) is 44.3 Å². The first-order valence-electron chi connectivity index (χ1n) is 6.61. The summed E-state index contributed by atoms with van der Waals surface area (Å²) in [6.45, 7) is 0.839. The zero-order valence-corrected chi connectivity index (χ0v) is 10.9. The van der Waals surface area contributed by atoms with Gasteiger partial charge in [-0.05, 0) is 12.8 Å². The Balaban J connectivity index is 2.00. The minimum Gasteiger partial charge on any atom is -0.481 e. The summed E-state index contributed by atoms with van der Waals surface area (Å²) in [5, 5.41) is 29.8. The molecule has 1 heterocycles. The van der Waals surface area contributed by atoms with E-state index in [1.54, 1.807) is 0 Å². The van der Waals surface area contributed by atoms with Gasteiger partial charge in [0.15, 0.2) is 0 Å². The van der Waals surface area contributed by atoms with Gasteiger partial charge in [0.2, 0.25) is 0 Å². The molecule has 0 spiro atoms. The van der Waals surface area contributed by atoms with Crippen molar-refractivity contribution in [1.82, 2.24) is 10.2 Å². The number of aliphatic hydroxyl groups excluding tert-OH is 2. The highest BCUT2D eigenvalue weighted by atomic mass is 16.4. The lowest BCUT2D eigenvalue weighted by Gasteiger charge is -2.16. The number of nitrogens with one attached hydrogen (secondary N) is 1. The number of hydrogen-bond donors (Lipinski definition) is 4. The van der Waals surface area contributed by atoms with Crippen molar-refractivity contribution in [3.05, 3.63) is 0 Å². The van der Waals surface area contributed by atoms with Crippen molar-refractivity contribution in [3.63, 3.8) is 0 Å². The van der Waals surface area contributed by atoms with Gasteiger partial charge in [0.25, 0.3) is 0 Å². The second kappa shape index (κ2) is 7.96. The highest BCUT2D eigenvalue weighted by molar-refractivity contribution is 5.74. The molecular formula is C12H22N2O5. The molecule has 2 unspecified atom stereocenters. The molecular weight excluding hydrogens is 252 g/mol. The number of carbonyl (C=O) groups is 2. The lowest BCUT2D eigenvalue weighted by Crippen LogP contribution is -2.39. The molecule has 19 heavy (non-hydrogen) atoms. The predicted molar refractivity (Wildman–Crippen MR) is 67.7 cm³/mol. The number of hydrogen-bond acceptors (Lipinski definition) is 4. The van der Waals surface area contributed by atoms with Crippen LogP contribution in [0.2, 0.25) is 0 Å². The van der Waals surface area contributed by atoms with E-state index in [0.29, 0.717) is 13.0 Å². The largest absolute Gasteiger partial charge is 0.481 e. The molecule has 1 saturated heterocycles. The normalized spacial score (nSPS) is 22.5. The number of amides is 2. The van der Waals surface area contributed by atoms with Crippen LogP contribution >= 0.6 is 0 Å². The van der Waals surface area contributed by atoms with E-state index in [1.165, 1.54) is 4.90 Å². The van der Waals surface area contributed by atoms with E-state index >= 15 is 0 Å². The standard InChI is InChI=1S/C12H22N2O5/c15-9-7-14(8-10(9)16)12(19)13-6-4-2-1-3-5-11(17)18/h9-10,15-16H,1-8H2,(H,13,19)(H,17,18). The number of β-amino-alcohol motifs (C(OH)–C–C–N with tert-alkyl or cyclic N) is 2. The Morgan fingerprint density at radius 2 is 1.63 bits per heavy atom. The van der Waals surface area contributed by atoms with Crippen LogP contribution in [-0.2, 0) is 4.79 Å². The van der Waals surface area contributed by atoms with Crippen LogP contribution in [0.15, 0.2) is 0 Å². The van der Waals surface area contributed by atoms with Crippen molar-refractivity contribution >= 4 is 12.0 Å². The lowest BCUT2D eigenvalue weighted by atomic mass is 10.1. The number of aliphatic carboxylic acids is 1. The van der Waals surface area contributed by atoms with Gasteiger partial charge >= 0.3 is 12.0 Å². The van der Waals surface area contributed by atoms with Crippen LogP contribution in [-0.4, -0.2) is 64.1 Å². The summed E-state index contributed by atoms with van der Waals surface area (Å²) in [6, 6.07) is -0.277. The quantitative estimate of drug-likeness (QED) is 0.479. The molecule has 7 nitrogen and oxygen atoms in total. The third-order valence-electron chi connectivity index (χ3n) is 3.14. The first-order chi connectivity index (χ1) is 9.00. The monoisotopic (exact) mass is 274 g/mol. The maximum atomic E-state index is 11.6. The van der Waals surface area contributed by atoms with Crippen molar-refractivity contribution in [3.8, 4) is 0 Å². The fraction of sp³-hybridized carbons (Fsp3) is 0.833. The van der Waals surface area contributed by atoms with Gasteiger partial charge < -0.3 is 25.5 Å². The SMILES string of the molecule is O=C(O)CCCCCCNC(=O)N1CC(O)C(O)C1. The smallest absolute Gasteiger partial charge is 0.317 e. The van der Waals surface area contributed by atoms with Crippen LogP contribution in [0.5, 0.6) is 0 Å². The Labute approximate surface area is 112 Å². The molecule has 0 bridgehead atoms. The molecule has 1 fully saturated rings. The van der Waals surface area contributed by atoms with Gasteiger partial charge in [0, 0.05) is 13.0 Å². The Morgan fingerprint density at radius 3 is 2.21 bits per heavy atom. The number of rotatable bonds is 7. The maximum Gasteiger partial charge on any atom is 0.317 e. The number of carboxylic acids is 1. The highest BCUT2D eigenvalue weighted by Gasteiger charge is 2.32. The zero-order valence-electron chi connectivity index (χ0n) is 10.9. The lowest BCUT2D eigenvalue weighted by molar-refractivity contribution is -0.137. The summed E-state index contributed by atoms with van der Waals surface area (Å²) in [4.78, 5) is 23.3. The molecule has 4 N–H and O–H groups in total. The molecule has 2 amide bonds. The number of aliphatic hydroxyl groups is 2. The summed E-state index contributed by atoms with van der Waals surface area (Å²) < 4.78 is 0. The van der Waals surface area contributed by atoms with Crippen molar-refractivity contribution in [1.29, 1.82) is 0 Å². The predicted octanol–water partition coefficient (Wildman–Crippen LogP) is -0.232. The third kappa shape index (κ3) is 5.89. The minimum absolute atomic E-state index is 0.158. The number of nitrogens with zero attached hydrogens (tertiary/aromatic N) is 1. The van der Waals surface area contributed by atoms with E-state index < -0.39 is 18.2 Å². The van der Waals surface area contributed by atoms with Crippen LogP contribution in [0, 0.1) is 0 Å². The van der Waals surface area contributed by atoms with Gasteiger partial charge in [-0.3, -0.25) is 4.79 Å². The Morgan fingerprint density at radius 1 is 1.05 bits per heavy atom. The molecule has 7 heteroatoms. The summed E-state index contributed by atoms with van der Waals surface area (Å²) >= 11 is 0. The summed E-state index contributed by atoms with van der Waals surface area (Å²) in [5.41, 5.74) is 0. The second-order valence-electron chi connectivity index (χ2n) is 4.83. The number of likely N-dealkylation sites (tertiary alicyclic amines) is 1. The molecule has 110 valence electrons. The molecule has 0 aromatic carbocycles. The van der Waals surface area contributed by atoms with E-state index in [4.69, 9.17) is 5.11 Å². The fourth-order valence-electron chi connectivity index (χ4n) is 2.00. The molecule has 1 aliphatic rings. The summed E-state index contributed by atoms with van der Waals surface area (Å²) in [7, 11) is 0. The van der Waals surface area contributed by atoms with Gasteiger partial charge in [-0.15, -0.1) is 0 Å². The second-order valence-corrected chi connectivity index (χ2v) is 4.83. The topological polar surface area (TPSA) is 110 Å². The molecule has 0 saturated carbocycles. The minimum atomic E-state index is -0.859. The highest BCUT2D eigenvalue weighted by Crippen LogP contribution is 2.09. The number of carboxylic acid groups (broad SMARTS) is 1. The van der Waals surface area contributed by atoms with Crippen molar-refractivity contribution in [2.75, 3.05) is 19.6 Å². The number of urea groups is 1. The molecule has 0 aromatic heterocycles. The van der Waals surface area contributed by atoms with Crippen LogP contribution in [0.1, 0.15) is 32.1 Å². The van der Waals surface area contributed by atoms with Gasteiger partial charge in [-0.1, -0.05) is 12.8 Å². The number of carbonyl (C=O) groups excluding carboxylic acids is 1. The van der Waals surface area contributed by atoms with E-state index in [2.05, 4.69) is 5.32 Å². The van der Waals surface area contributed by atoms with Crippen LogP contribution in [0.4, 0.5) is 4.79 Å². The van der Waals surface area contributed by atoms with Crippen LogP contribution < -0.4 is 5.32 Å². The van der Waals surface area contributed by atoms with E-state index in [0.717, 1.165) is 19.3 Å². The molecule has 1 rings (SSSR count). The van der Waals surface area contributed by atoms with E-state index in [9.17, 15) is 19.8 Å². The maximum absolute atomic E-state index is 11.6. The van der Waals surface area contributed by atoms with Gasteiger partial charge in [-0.25, -0.2) is 4.79 Å². The Kier molecular flexibility index (Phi) is 6.58. The average molecular weight is 274 g/mol. The zero-order chi connectivity index (χ0) is 14.3. The van der Waals surface area contributed by atoms with Crippen molar-refractivity contribution < 1.29 is 24.9 Å². The molecule has 0 aromatic rings. The number of unbranched alkanes of at least 4 members (excludes halogenated alkanes) is 3. The molecule has 0 aliphatic carbocycles. The Bertz CT molecular complexity index is 300. The van der Waals surface area contributed by atoms with E-state index in [1.807, 2.05) is 0 Å². The summed E-state index contributed by atoms with van der Waals surface area (Å²) in [5.74, 6) is -0.778.